The van der Waals surface area contributed by atoms with E-state index in [0.717, 1.165) is 0 Å². The molecule has 0 saturated carbocycles. The molecule has 0 unspecified atom stereocenters. The monoisotopic (exact) mass is 294 g/mol. The van der Waals surface area contributed by atoms with Gasteiger partial charge >= 0.3 is 0 Å². The SMILES string of the molecule is COc1ccc(C(=O)N2CC3(CC(=O)N(C)O3)C2)c(F)c1. The Balaban J connectivity index is 1.70. The zero-order valence-electron chi connectivity index (χ0n) is 11.8. The number of hydroxylamine groups is 2. The Bertz CT molecular complexity index is 613. The van der Waals surface area contributed by atoms with E-state index in [-0.39, 0.29) is 31.0 Å². The normalized spacial score (nSPS) is 19.9. The Hall–Kier alpha value is -2.15. The number of ether oxygens (including phenoxy) is 1. The molecule has 2 fully saturated rings. The molecule has 1 aromatic carbocycles. The number of amides is 2. The third kappa shape index (κ3) is 2.23. The molecule has 0 N–H and O–H groups in total. The van der Waals surface area contributed by atoms with Crippen LogP contribution in [0.1, 0.15) is 16.8 Å². The molecule has 1 spiro atoms. The fourth-order valence-corrected chi connectivity index (χ4v) is 2.69. The highest BCUT2D eigenvalue weighted by Gasteiger charge is 2.54. The van der Waals surface area contributed by atoms with Crippen LogP contribution < -0.4 is 4.74 Å². The third-order valence-electron chi connectivity index (χ3n) is 3.81. The summed E-state index contributed by atoms with van der Waals surface area (Å²) in [4.78, 5) is 30.6. The van der Waals surface area contributed by atoms with Gasteiger partial charge in [0.1, 0.15) is 17.2 Å². The van der Waals surface area contributed by atoms with Crippen LogP contribution in [0.4, 0.5) is 4.39 Å². The highest BCUT2D eigenvalue weighted by atomic mass is 19.1. The Kier molecular flexibility index (Phi) is 3.09. The minimum atomic E-state index is -0.634. The van der Waals surface area contributed by atoms with E-state index >= 15 is 0 Å². The van der Waals surface area contributed by atoms with Crippen LogP contribution in [0.25, 0.3) is 0 Å². The Morgan fingerprint density at radius 2 is 2.14 bits per heavy atom. The van der Waals surface area contributed by atoms with E-state index in [4.69, 9.17) is 9.57 Å². The number of halogens is 1. The van der Waals surface area contributed by atoms with Gasteiger partial charge in [-0.2, -0.15) is 0 Å². The Morgan fingerprint density at radius 3 is 2.67 bits per heavy atom. The number of carbonyl (C=O) groups excluding carboxylic acids is 2. The smallest absolute Gasteiger partial charge is 0.257 e. The standard InChI is InChI=1S/C14H15FN2O4/c1-16-12(18)6-14(21-16)7-17(8-14)13(19)10-4-3-9(20-2)5-11(10)15/h3-5H,6-8H2,1-2H3. The summed E-state index contributed by atoms with van der Waals surface area (Å²) in [5.74, 6) is -0.791. The summed E-state index contributed by atoms with van der Waals surface area (Å²) < 4.78 is 18.8. The van der Waals surface area contributed by atoms with Gasteiger partial charge in [0.05, 0.1) is 32.2 Å². The third-order valence-corrected chi connectivity index (χ3v) is 3.81. The average Bonchev–Trinajstić information content (AvgIpc) is 2.72. The summed E-state index contributed by atoms with van der Waals surface area (Å²) in [6, 6.07) is 4.11. The molecule has 0 aliphatic carbocycles. The number of methoxy groups -OCH3 is 1. The van der Waals surface area contributed by atoms with Crippen molar-refractivity contribution in [2.45, 2.75) is 12.0 Å². The van der Waals surface area contributed by atoms with E-state index in [1.54, 1.807) is 7.05 Å². The molecule has 112 valence electrons. The first-order valence-electron chi connectivity index (χ1n) is 6.53. The lowest BCUT2D eigenvalue weighted by atomic mass is 9.90. The van der Waals surface area contributed by atoms with Gasteiger partial charge < -0.3 is 9.64 Å². The van der Waals surface area contributed by atoms with Crippen molar-refractivity contribution in [2.75, 3.05) is 27.2 Å². The first-order chi connectivity index (χ1) is 9.94. The minimum absolute atomic E-state index is 0.0108. The molecular formula is C14H15FN2O4. The summed E-state index contributed by atoms with van der Waals surface area (Å²) in [6.07, 6.45) is 0.248. The maximum atomic E-state index is 13.9. The van der Waals surface area contributed by atoms with Gasteiger partial charge in [0, 0.05) is 13.1 Å². The van der Waals surface area contributed by atoms with Gasteiger partial charge in [0.2, 0.25) is 5.91 Å². The van der Waals surface area contributed by atoms with Gasteiger partial charge in [-0.15, -0.1) is 0 Å². The summed E-state index contributed by atoms with van der Waals surface area (Å²) in [5, 5.41) is 1.19. The zero-order valence-corrected chi connectivity index (χ0v) is 11.8. The number of nitrogens with zero attached hydrogens (tertiary/aromatic N) is 2. The molecule has 0 bridgehead atoms. The van der Waals surface area contributed by atoms with Gasteiger partial charge in [-0.05, 0) is 12.1 Å². The van der Waals surface area contributed by atoms with Crippen LogP contribution in [-0.4, -0.2) is 54.6 Å². The minimum Gasteiger partial charge on any atom is -0.497 e. The number of likely N-dealkylation sites (tertiary alicyclic amines) is 1. The zero-order chi connectivity index (χ0) is 15.2. The van der Waals surface area contributed by atoms with Crippen molar-refractivity contribution >= 4 is 11.8 Å². The number of carbonyl (C=O) groups is 2. The van der Waals surface area contributed by atoms with Crippen molar-refractivity contribution in [1.29, 1.82) is 0 Å². The molecule has 3 rings (SSSR count). The van der Waals surface area contributed by atoms with E-state index in [0.29, 0.717) is 5.75 Å². The van der Waals surface area contributed by atoms with Gasteiger partial charge in [-0.1, -0.05) is 0 Å². The van der Waals surface area contributed by atoms with E-state index in [1.807, 2.05) is 0 Å². The highest BCUT2D eigenvalue weighted by molar-refractivity contribution is 5.95. The summed E-state index contributed by atoms with van der Waals surface area (Å²) in [6.45, 7) is 0.570. The van der Waals surface area contributed by atoms with Gasteiger partial charge in [-0.25, -0.2) is 9.45 Å². The molecule has 2 amide bonds. The summed E-state index contributed by atoms with van der Waals surface area (Å²) in [7, 11) is 2.98. The van der Waals surface area contributed by atoms with Crippen molar-refractivity contribution < 1.29 is 23.6 Å². The van der Waals surface area contributed by atoms with Crippen LogP contribution in [-0.2, 0) is 9.63 Å². The van der Waals surface area contributed by atoms with Crippen LogP contribution in [0, 0.1) is 5.82 Å². The molecule has 7 heteroatoms. The predicted octanol–water partition coefficient (Wildman–Crippen LogP) is 0.823. The lowest BCUT2D eigenvalue weighted by molar-refractivity contribution is -0.218. The highest BCUT2D eigenvalue weighted by Crippen LogP contribution is 2.36. The topological polar surface area (TPSA) is 59.1 Å². The van der Waals surface area contributed by atoms with Gasteiger partial charge in [0.15, 0.2) is 0 Å². The molecule has 2 aliphatic rings. The first kappa shape index (κ1) is 13.8. The molecular weight excluding hydrogens is 279 g/mol. The summed E-state index contributed by atoms with van der Waals surface area (Å²) in [5.41, 5.74) is -0.645. The van der Waals surface area contributed by atoms with E-state index < -0.39 is 17.3 Å². The summed E-state index contributed by atoms with van der Waals surface area (Å²) >= 11 is 0. The van der Waals surface area contributed by atoms with Crippen molar-refractivity contribution in [3.8, 4) is 5.75 Å². The second-order valence-corrected chi connectivity index (χ2v) is 5.35. The van der Waals surface area contributed by atoms with Gasteiger partial charge in [0.25, 0.3) is 5.91 Å². The van der Waals surface area contributed by atoms with Crippen LogP contribution in [0.3, 0.4) is 0 Å². The van der Waals surface area contributed by atoms with Crippen LogP contribution in [0.5, 0.6) is 5.75 Å². The first-order valence-corrected chi connectivity index (χ1v) is 6.53. The molecule has 21 heavy (non-hydrogen) atoms. The van der Waals surface area contributed by atoms with E-state index in [9.17, 15) is 14.0 Å². The van der Waals surface area contributed by atoms with Crippen molar-refractivity contribution in [1.82, 2.24) is 9.96 Å². The lowest BCUT2D eigenvalue weighted by Gasteiger charge is -2.45. The maximum absolute atomic E-state index is 13.9. The molecule has 6 nitrogen and oxygen atoms in total. The predicted molar refractivity (Wildman–Crippen MR) is 70.1 cm³/mol. The molecule has 1 aromatic rings. The molecule has 2 heterocycles. The van der Waals surface area contributed by atoms with Crippen molar-refractivity contribution in [3.63, 3.8) is 0 Å². The molecule has 0 radical (unpaired) electrons. The van der Waals surface area contributed by atoms with Crippen molar-refractivity contribution in [3.05, 3.63) is 29.6 Å². The second-order valence-electron chi connectivity index (χ2n) is 5.35. The molecule has 0 aromatic heterocycles. The Labute approximate surface area is 121 Å². The van der Waals surface area contributed by atoms with Crippen LogP contribution in [0.15, 0.2) is 18.2 Å². The second kappa shape index (κ2) is 4.70. The average molecular weight is 294 g/mol. The molecule has 0 atom stereocenters. The number of hydrogen-bond donors (Lipinski definition) is 0. The van der Waals surface area contributed by atoms with E-state index in [2.05, 4.69) is 0 Å². The number of hydrogen-bond acceptors (Lipinski definition) is 4. The number of rotatable bonds is 2. The van der Waals surface area contributed by atoms with Crippen molar-refractivity contribution in [2.24, 2.45) is 0 Å². The van der Waals surface area contributed by atoms with Crippen LogP contribution in [0.2, 0.25) is 0 Å². The lowest BCUT2D eigenvalue weighted by Crippen LogP contribution is -2.63. The number of benzene rings is 1. The molecule has 2 aliphatic heterocycles. The van der Waals surface area contributed by atoms with Gasteiger partial charge in [-0.3, -0.25) is 14.4 Å². The van der Waals surface area contributed by atoms with E-state index in [1.165, 1.54) is 35.3 Å². The van der Waals surface area contributed by atoms with Crippen LogP contribution >= 0.6 is 0 Å². The fraction of sp³-hybridized carbons (Fsp3) is 0.429. The maximum Gasteiger partial charge on any atom is 0.257 e. The molecule has 2 saturated heterocycles. The quantitative estimate of drug-likeness (QED) is 0.810. The largest absolute Gasteiger partial charge is 0.497 e. The Morgan fingerprint density at radius 1 is 1.43 bits per heavy atom. The fourth-order valence-electron chi connectivity index (χ4n) is 2.69.